The largest absolute Gasteiger partial charge is 0.311 e. The van der Waals surface area contributed by atoms with Gasteiger partial charge in [-0.15, -0.1) is 10.2 Å². The van der Waals surface area contributed by atoms with E-state index in [2.05, 4.69) is 32.0 Å². The lowest BCUT2D eigenvalue weighted by Crippen LogP contribution is -2.11. The van der Waals surface area contributed by atoms with E-state index in [1.54, 1.807) is 11.3 Å². The van der Waals surface area contributed by atoms with Crippen molar-refractivity contribution in [2.75, 3.05) is 6.54 Å². The summed E-state index contributed by atoms with van der Waals surface area (Å²) in [6, 6.07) is 0. The SMILES string of the molecule is CCNCc1nnc(-n2cnc3c2CCCC3)s1. The Morgan fingerprint density at radius 1 is 1.33 bits per heavy atom. The Labute approximate surface area is 110 Å². The Hall–Kier alpha value is -1.27. The minimum atomic E-state index is 0.797. The highest BCUT2D eigenvalue weighted by molar-refractivity contribution is 7.13. The second-order valence-electron chi connectivity index (χ2n) is 4.47. The zero-order chi connectivity index (χ0) is 12.4. The smallest absolute Gasteiger partial charge is 0.217 e. The minimum Gasteiger partial charge on any atom is -0.311 e. The standard InChI is InChI=1S/C12H17N5S/c1-2-13-7-11-15-16-12(18-11)17-8-14-9-5-3-4-6-10(9)17/h8,13H,2-7H2,1H3. The van der Waals surface area contributed by atoms with Crippen molar-refractivity contribution in [3.05, 3.63) is 22.7 Å². The fourth-order valence-electron chi connectivity index (χ4n) is 2.28. The van der Waals surface area contributed by atoms with Crippen molar-refractivity contribution >= 4 is 11.3 Å². The van der Waals surface area contributed by atoms with Crippen LogP contribution in [0.5, 0.6) is 0 Å². The molecular weight excluding hydrogens is 246 g/mol. The van der Waals surface area contributed by atoms with Crippen LogP contribution in [0.15, 0.2) is 6.33 Å². The molecule has 1 N–H and O–H groups in total. The first-order chi connectivity index (χ1) is 8.88. The number of rotatable bonds is 4. The molecule has 0 aromatic carbocycles. The number of imidazole rings is 1. The van der Waals surface area contributed by atoms with Crippen LogP contribution in [0.25, 0.3) is 5.13 Å². The molecule has 5 nitrogen and oxygen atoms in total. The molecule has 2 aromatic heterocycles. The van der Waals surface area contributed by atoms with Crippen molar-refractivity contribution in [2.24, 2.45) is 0 Å². The summed E-state index contributed by atoms with van der Waals surface area (Å²) in [7, 11) is 0. The molecule has 6 heteroatoms. The lowest BCUT2D eigenvalue weighted by molar-refractivity contribution is 0.654. The van der Waals surface area contributed by atoms with E-state index in [0.717, 1.165) is 36.1 Å². The third-order valence-corrected chi connectivity index (χ3v) is 4.14. The van der Waals surface area contributed by atoms with Gasteiger partial charge in [-0.3, -0.25) is 4.57 Å². The third kappa shape index (κ3) is 2.18. The molecule has 0 saturated heterocycles. The summed E-state index contributed by atoms with van der Waals surface area (Å²) in [4.78, 5) is 4.49. The number of hydrogen-bond acceptors (Lipinski definition) is 5. The molecule has 1 aliphatic carbocycles. The number of nitrogens with one attached hydrogen (secondary N) is 1. The quantitative estimate of drug-likeness (QED) is 0.912. The van der Waals surface area contributed by atoms with Gasteiger partial charge in [0.2, 0.25) is 5.13 Å². The van der Waals surface area contributed by atoms with Crippen molar-refractivity contribution in [3.63, 3.8) is 0 Å². The molecule has 0 amide bonds. The summed E-state index contributed by atoms with van der Waals surface area (Å²) >= 11 is 1.64. The molecule has 18 heavy (non-hydrogen) atoms. The van der Waals surface area contributed by atoms with E-state index in [1.807, 2.05) is 6.33 Å². The zero-order valence-electron chi connectivity index (χ0n) is 10.5. The molecule has 96 valence electrons. The Morgan fingerprint density at radius 2 is 2.22 bits per heavy atom. The maximum atomic E-state index is 4.49. The molecule has 0 spiro atoms. The summed E-state index contributed by atoms with van der Waals surface area (Å²) in [5, 5.41) is 13.7. The summed E-state index contributed by atoms with van der Waals surface area (Å²) in [5.41, 5.74) is 2.57. The molecule has 1 aliphatic rings. The maximum absolute atomic E-state index is 4.49. The molecule has 0 fully saturated rings. The van der Waals surface area contributed by atoms with Crippen molar-refractivity contribution in [3.8, 4) is 5.13 Å². The predicted molar refractivity (Wildman–Crippen MR) is 71.1 cm³/mol. The molecule has 0 unspecified atom stereocenters. The topological polar surface area (TPSA) is 55.6 Å². The van der Waals surface area contributed by atoms with E-state index < -0.39 is 0 Å². The Morgan fingerprint density at radius 3 is 3.11 bits per heavy atom. The van der Waals surface area contributed by atoms with Crippen molar-refractivity contribution < 1.29 is 0 Å². The van der Waals surface area contributed by atoms with Crippen molar-refractivity contribution in [1.82, 2.24) is 25.1 Å². The van der Waals surface area contributed by atoms with Gasteiger partial charge in [-0.05, 0) is 32.2 Å². The number of nitrogens with zero attached hydrogens (tertiary/aromatic N) is 4. The van der Waals surface area contributed by atoms with Gasteiger partial charge < -0.3 is 5.32 Å². The Balaban J connectivity index is 1.85. The Bertz CT molecular complexity index is 530. The summed E-state index contributed by atoms with van der Waals surface area (Å²) in [6.07, 6.45) is 6.61. The van der Waals surface area contributed by atoms with Gasteiger partial charge in [0.25, 0.3) is 0 Å². The van der Waals surface area contributed by atoms with Gasteiger partial charge >= 0.3 is 0 Å². The molecule has 0 atom stereocenters. The summed E-state index contributed by atoms with van der Waals surface area (Å²) in [5.74, 6) is 0. The lowest BCUT2D eigenvalue weighted by atomic mass is 10.0. The van der Waals surface area contributed by atoms with Gasteiger partial charge in [0, 0.05) is 12.2 Å². The summed E-state index contributed by atoms with van der Waals surface area (Å²) < 4.78 is 2.11. The molecule has 0 aliphatic heterocycles. The van der Waals surface area contributed by atoms with Crippen LogP contribution in [0.2, 0.25) is 0 Å². The van der Waals surface area contributed by atoms with Gasteiger partial charge in [0.1, 0.15) is 11.3 Å². The second-order valence-corrected chi connectivity index (χ2v) is 5.51. The van der Waals surface area contributed by atoms with E-state index in [-0.39, 0.29) is 0 Å². The van der Waals surface area contributed by atoms with E-state index in [9.17, 15) is 0 Å². The molecule has 3 rings (SSSR count). The van der Waals surface area contributed by atoms with Crippen LogP contribution in [0, 0.1) is 0 Å². The van der Waals surface area contributed by atoms with Gasteiger partial charge in [-0.25, -0.2) is 4.98 Å². The van der Waals surface area contributed by atoms with E-state index >= 15 is 0 Å². The van der Waals surface area contributed by atoms with Crippen LogP contribution in [-0.4, -0.2) is 26.3 Å². The van der Waals surface area contributed by atoms with Crippen LogP contribution in [0.3, 0.4) is 0 Å². The van der Waals surface area contributed by atoms with E-state index in [4.69, 9.17) is 0 Å². The first kappa shape index (κ1) is 11.8. The molecular formula is C12H17N5S. The molecule has 0 bridgehead atoms. The predicted octanol–water partition coefficient (Wildman–Crippen LogP) is 1.71. The van der Waals surface area contributed by atoms with E-state index in [0.29, 0.717) is 0 Å². The number of hydrogen-bond donors (Lipinski definition) is 1. The number of aryl methyl sites for hydroxylation is 1. The molecule has 2 heterocycles. The molecule has 0 radical (unpaired) electrons. The average molecular weight is 263 g/mol. The number of aromatic nitrogens is 4. The van der Waals surface area contributed by atoms with E-state index in [1.165, 1.54) is 24.2 Å². The fraction of sp³-hybridized carbons (Fsp3) is 0.583. The summed E-state index contributed by atoms with van der Waals surface area (Å²) in [6.45, 7) is 3.84. The first-order valence-electron chi connectivity index (χ1n) is 6.47. The van der Waals surface area contributed by atoms with Crippen LogP contribution in [-0.2, 0) is 19.4 Å². The monoisotopic (exact) mass is 263 g/mol. The average Bonchev–Trinajstić information content (AvgIpc) is 3.02. The second kappa shape index (κ2) is 5.16. The highest BCUT2D eigenvalue weighted by Gasteiger charge is 2.18. The number of fused-ring (bicyclic) bond motifs is 1. The van der Waals surface area contributed by atoms with Crippen LogP contribution >= 0.6 is 11.3 Å². The highest BCUT2D eigenvalue weighted by Crippen LogP contribution is 2.24. The fourth-order valence-corrected chi connectivity index (χ4v) is 3.08. The molecule has 2 aromatic rings. The van der Waals surface area contributed by atoms with Gasteiger partial charge in [0.15, 0.2) is 0 Å². The van der Waals surface area contributed by atoms with Crippen LogP contribution in [0.4, 0.5) is 0 Å². The van der Waals surface area contributed by atoms with Crippen LogP contribution < -0.4 is 5.32 Å². The van der Waals surface area contributed by atoms with Gasteiger partial charge in [0.05, 0.1) is 5.69 Å². The Kier molecular flexibility index (Phi) is 3.38. The van der Waals surface area contributed by atoms with Crippen LogP contribution in [0.1, 0.15) is 36.2 Å². The minimum absolute atomic E-state index is 0.797. The highest BCUT2D eigenvalue weighted by atomic mass is 32.1. The van der Waals surface area contributed by atoms with Gasteiger partial charge in [-0.1, -0.05) is 18.3 Å². The van der Waals surface area contributed by atoms with Gasteiger partial charge in [-0.2, -0.15) is 0 Å². The zero-order valence-corrected chi connectivity index (χ0v) is 11.3. The maximum Gasteiger partial charge on any atom is 0.217 e. The first-order valence-corrected chi connectivity index (χ1v) is 7.28. The lowest BCUT2D eigenvalue weighted by Gasteiger charge is -2.11. The van der Waals surface area contributed by atoms with Crippen molar-refractivity contribution in [1.29, 1.82) is 0 Å². The normalized spacial score (nSPS) is 14.7. The third-order valence-electron chi connectivity index (χ3n) is 3.22. The molecule has 0 saturated carbocycles. The van der Waals surface area contributed by atoms with Crippen molar-refractivity contribution in [2.45, 2.75) is 39.2 Å².